The molecule has 0 aliphatic heterocycles. The van der Waals surface area contributed by atoms with Crippen LogP contribution in [-0.4, -0.2) is 22.8 Å². The highest BCUT2D eigenvalue weighted by atomic mass is 32.1. The fourth-order valence-electron chi connectivity index (χ4n) is 3.00. The second-order valence-electron chi connectivity index (χ2n) is 5.76. The average molecular weight is 291 g/mol. The summed E-state index contributed by atoms with van der Waals surface area (Å²) in [5, 5.41) is 11.8. The Kier molecular flexibility index (Phi) is 3.94. The minimum Gasteiger partial charge on any atom is -0.497 e. The first-order valence-corrected chi connectivity index (χ1v) is 8.16. The molecular weight excluding hydrogens is 270 g/mol. The summed E-state index contributed by atoms with van der Waals surface area (Å²) in [4.78, 5) is 4.67. The summed E-state index contributed by atoms with van der Waals surface area (Å²) in [6.07, 6.45) is 7.27. The summed E-state index contributed by atoms with van der Waals surface area (Å²) < 4.78 is 6.40. The fourth-order valence-corrected chi connectivity index (χ4v) is 4.09. The van der Waals surface area contributed by atoms with E-state index in [0.29, 0.717) is 6.42 Å². The van der Waals surface area contributed by atoms with Gasteiger partial charge in [-0.25, -0.2) is 4.98 Å². The molecule has 1 aromatic heterocycles. The molecule has 1 saturated carbocycles. The second kappa shape index (κ2) is 5.70. The van der Waals surface area contributed by atoms with Crippen molar-refractivity contribution in [3.8, 4) is 5.75 Å². The maximum absolute atomic E-state index is 10.8. The van der Waals surface area contributed by atoms with Crippen molar-refractivity contribution in [2.45, 2.75) is 50.5 Å². The number of aromatic nitrogens is 1. The Morgan fingerprint density at radius 3 is 2.70 bits per heavy atom. The van der Waals surface area contributed by atoms with E-state index in [4.69, 9.17) is 4.74 Å². The first-order chi connectivity index (χ1) is 9.68. The van der Waals surface area contributed by atoms with E-state index in [2.05, 4.69) is 4.98 Å². The molecule has 2 aromatic rings. The Morgan fingerprint density at radius 1 is 1.25 bits per heavy atom. The van der Waals surface area contributed by atoms with Crippen molar-refractivity contribution in [3.63, 3.8) is 0 Å². The summed E-state index contributed by atoms with van der Waals surface area (Å²) in [5.74, 6) is 0.836. The standard InChI is InChI=1S/C16H21NO2S/c1-19-12-6-7-14-13(10-12)17-15(20-14)11-16(18)8-4-2-3-5-9-16/h6-7,10,18H,2-5,8-9,11H2,1H3. The van der Waals surface area contributed by atoms with Crippen LogP contribution >= 0.6 is 11.3 Å². The van der Waals surface area contributed by atoms with Crippen LogP contribution in [0.25, 0.3) is 10.2 Å². The van der Waals surface area contributed by atoms with Crippen LogP contribution in [0.5, 0.6) is 5.75 Å². The van der Waals surface area contributed by atoms with Gasteiger partial charge in [0, 0.05) is 12.5 Å². The first kappa shape index (κ1) is 13.8. The quantitative estimate of drug-likeness (QED) is 0.871. The lowest BCUT2D eigenvalue weighted by Crippen LogP contribution is -2.30. The minimum atomic E-state index is -0.547. The normalized spacial score (nSPS) is 18.9. The molecule has 1 fully saturated rings. The summed E-state index contributed by atoms with van der Waals surface area (Å²) in [6, 6.07) is 5.98. The van der Waals surface area contributed by atoms with Crippen molar-refractivity contribution >= 4 is 21.6 Å². The molecule has 1 N–H and O–H groups in total. The topological polar surface area (TPSA) is 42.4 Å². The van der Waals surface area contributed by atoms with Gasteiger partial charge in [0.15, 0.2) is 0 Å². The van der Waals surface area contributed by atoms with Gasteiger partial charge in [0.05, 0.1) is 27.9 Å². The summed E-state index contributed by atoms with van der Waals surface area (Å²) >= 11 is 1.69. The molecule has 20 heavy (non-hydrogen) atoms. The van der Waals surface area contributed by atoms with Crippen molar-refractivity contribution in [3.05, 3.63) is 23.2 Å². The number of methoxy groups -OCH3 is 1. The van der Waals surface area contributed by atoms with E-state index in [1.807, 2.05) is 18.2 Å². The second-order valence-corrected chi connectivity index (χ2v) is 6.87. The van der Waals surface area contributed by atoms with Gasteiger partial charge in [-0.05, 0) is 25.0 Å². The van der Waals surface area contributed by atoms with Gasteiger partial charge in [0.1, 0.15) is 5.75 Å². The molecule has 3 rings (SSSR count). The van der Waals surface area contributed by atoms with Gasteiger partial charge < -0.3 is 9.84 Å². The zero-order chi connectivity index (χ0) is 14.0. The molecule has 1 aromatic carbocycles. The van der Waals surface area contributed by atoms with Gasteiger partial charge in [-0.15, -0.1) is 11.3 Å². The smallest absolute Gasteiger partial charge is 0.121 e. The zero-order valence-corrected chi connectivity index (χ0v) is 12.7. The molecule has 4 heteroatoms. The number of benzene rings is 1. The van der Waals surface area contributed by atoms with Crippen LogP contribution in [0.15, 0.2) is 18.2 Å². The molecule has 108 valence electrons. The van der Waals surface area contributed by atoms with Crippen LogP contribution in [0.2, 0.25) is 0 Å². The molecule has 1 aliphatic rings. The molecule has 1 heterocycles. The number of nitrogens with zero attached hydrogens (tertiary/aromatic N) is 1. The van der Waals surface area contributed by atoms with E-state index >= 15 is 0 Å². The lowest BCUT2D eigenvalue weighted by atomic mass is 9.91. The highest BCUT2D eigenvalue weighted by Gasteiger charge is 2.29. The van der Waals surface area contributed by atoms with Gasteiger partial charge in [0.25, 0.3) is 0 Å². The average Bonchev–Trinajstić information content (AvgIpc) is 2.70. The van der Waals surface area contributed by atoms with Crippen molar-refractivity contribution in [2.75, 3.05) is 7.11 Å². The Hall–Kier alpha value is -1.13. The first-order valence-electron chi connectivity index (χ1n) is 7.34. The van der Waals surface area contributed by atoms with E-state index in [1.54, 1.807) is 18.4 Å². The largest absolute Gasteiger partial charge is 0.497 e. The summed E-state index contributed by atoms with van der Waals surface area (Å²) in [5.41, 5.74) is 0.427. The van der Waals surface area contributed by atoms with Crippen LogP contribution in [0.4, 0.5) is 0 Å². The van der Waals surface area contributed by atoms with E-state index < -0.39 is 5.60 Å². The van der Waals surface area contributed by atoms with Crippen LogP contribution in [0.3, 0.4) is 0 Å². The third-order valence-electron chi connectivity index (χ3n) is 4.15. The van der Waals surface area contributed by atoms with Gasteiger partial charge in [-0.1, -0.05) is 25.7 Å². The summed E-state index contributed by atoms with van der Waals surface area (Å²) in [6.45, 7) is 0. The van der Waals surface area contributed by atoms with Gasteiger partial charge in [-0.2, -0.15) is 0 Å². The summed E-state index contributed by atoms with van der Waals surface area (Å²) in [7, 11) is 1.67. The monoisotopic (exact) mass is 291 g/mol. The highest BCUT2D eigenvalue weighted by molar-refractivity contribution is 7.18. The van der Waals surface area contributed by atoms with Crippen molar-refractivity contribution in [2.24, 2.45) is 0 Å². The third-order valence-corrected chi connectivity index (χ3v) is 5.19. The molecule has 0 spiro atoms. The molecule has 0 bridgehead atoms. The van der Waals surface area contributed by atoms with Crippen LogP contribution in [0.1, 0.15) is 43.5 Å². The third kappa shape index (κ3) is 2.96. The molecule has 0 saturated heterocycles. The number of thiazole rings is 1. The number of hydrogen-bond acceptors (Lipinski definition) is 4. The lowest BCUT2D eigenvalue weighted by molar-refractivity contribution is 0.0252. The number of hydrogen-bond donors (Lipinski definition) is 1. The Bertz CT molecular complexity index is 585. The van der Waals surface area contributed by atoms with E-state index in [-0.39, 0.29) is 0 Å². The molecular formula is C16H21NO2S. The predicted molar refractivity (Wildman–Crippen MR) is 82.5 cm³/mol. The SMILES string of the molecule is COc1ccc2sc(CC3(O)CCCCCC3)nc2c1. The van der Waals surface area contributed by atoms with Crippen LogP contribution in [-0.2, 0) is 6.42 Å². The molecule has 1 aliphatic carbocycles. The number of rotatable bonds is 3. The highest BCUT2D eigenvalue weighted by Crippen LogP contribution is 2.33. The lowest BCUT2D eigenvalue weighted by Gasteiger charge is -2.25. The molecule has 0 atom stereocenters. The Morgan fingerprint density at radius 2 is 2.00 bits per heavy atom. The molecule has 0 amide bonds. The minimum absolute atomic E-state index is 0.547. The Balaban J connectivity index is 1.83. The maximum Gasteiger partial charge on any atom is 0.121 e. The molecule has 3 nitrogen and oxygen atoms in total. The molecule has 0 unspecified atom stereocenters. The molecule has 0 radical (unpaired) electrons. The van der Waals surface area contributed by atoms with Gasteiger partial charge >= 0.3 is 0 Å². The van der Waals surface area contributed by atoms with Gasteiger partial charge in [0.2, 0.25) is 0 Å². The van der Waals surface area contributed by atoms with Crippen LogP contribution < -0.4 is 4.74 Å². The van der Waals surface area contributed by atoms with E-state index in [9.17, 15) is 5.11 Å². The van der Waals surface area contributed by atoms with Crippen molar-refractivity contribution in [1.82, 2.24) is 4.98 Å². The van der Waals surface area contributed by atoms with Crippen LogP contribution in [0, 0.1) is 0 Å². The van der Waals surface area contributed by atoms with E-state index in [1.165, 1.54) is 12.8 Å². The predicted octanol–water partition coefficient (Wildman–Crippen LogP) is 3.93. The number of fused-ring (bicyclic) bond motifs is 1. The fraction of sp³-hybridized carbons (Fsp3) is 0.562. The van der Waals surface area contributed by atoms with Gasteiger partial charge in [-0.3, -0.25) is 0 Å². The number of ether oxygens (including phenoxy) is 1. The zero-order valence-electron chi connectivity index (χ0n) is 11.9. The van der Waals surface area contributed by atoms with Crippen molar-refractivity contribution in [1.29, 1.82) is 0 Å². The number of aliphatic hydroxyl groups is 1. The van der Waals surface area contributed by atoms with Crippen molar-refractivity contribution < 1.29 is 9.84 Å². The Labute approximate surface area is 123 Å². The maximum atomic E-state index is 10.8. The van der Waals surface area contributed by atoms with E-state index in [0.717, 1.165) is 46.7 Å².